The molecule has 31 heavy (non-hydrogen) atoms. The Morgan fingerprint density at radius 1 is 0.871 bits per heavy atom. The number of rotatable bonds is 7. The van der Waals surface area contributed by atoms with Crippen LogP contribution in [0.2, 0.25) is 0 Å². The second-order valence-corrected chi connectivity index (χ2v) is 6.38. The van der Waals surface area contributed by atoms with Crippen LogP contribution in [0.15, 0.2) is 54.6 Å². The van der Waals surface area contributed by atoms with Gasteiger partial charge in [-0.05, 0) is 5.56 Å². The van der Waals surface area contributed by atoms with E-state index in [1.165, 1.54) is 36.4 Å². The lowest BCUT2D eigenvalue weighted by atomic mass is 9.99. The van der Waals surface area contributed by atoms with Crippen LogP contribution in [0.3, 0.4) is 0 Å². The Bertz CT molecular complexity index is 1090. The van der Waals surface area contributed by atoms with Crippen molar-refractivity contribution < 1.29 is 38.3 Å². The summed E-state index contributed by atoms with van der Waals surface area (Å²) >= 11 is 0. The zero-order valence-electron chi connectivity index (χ0n) is 16.0. The van der Waals surface area contributed by atoms with E-state index in [1.54, 1.807) is 18.2 Å². The predicted octanol–water partition coefficient (Wildman–Crippen LogP) is 2.14. The Hall–Kier alpha value is -4.43. The Morgan fingerprint density at radius 3 is 1.97 bits per heavy atom. The van der Waals surface area contributed by atoms with Crippen molar-refractivity contribution in [2.24, 2.45) is 0 Å². The van der Waals surface area contributed by atoms with Crippen molar-refractivity contribution in [3.63, 3.8) is 0 Å². The zero-order valence-corrected chi connectivity index (χ0v) is 16.0. The third kappa shape index (κ3) is 4.95. The minimum atomic E-state index is -1.23. The Labute approximate surface area is 175 Å². The molecule has 0 atom stereocenters. The highest BCUT2D eigenvalue weighted by Gasteiger charge is 2.33. The maximum Gasteiger partial charge on any atom is 0.534 e. The molecule has 1 saturated heterocycles. The van der Waals surface area contributed by atoms with Crippen molar-refractivity contribution >= 4 is 35.2 Å². The van der Waals surface area contributed by atoms with E-state index in [4.69, 9.17) is 10.3 Å². The van der Waals surface area contributed by atoms with E-state index in [2.05, 4.69) is 9.63 Å². The van der Waals surface area contributed by atoms with Gasteiger partial charge in [-0.1, -0.05) is 59.7 Å². The first kappa shape index (κ1) is 21.3. The fraction of sp³-hybridized carbons (Fsp3) is 0.143. The molecule has 1 aliphatic rings. The van der Waals surface area contributed by atoms with Gasteiger partial charge in [0.2, 0.25) is 0 Å². The topological polar surface area (TPSA) is 143 Å². The van der Waals surface area contributed by atoms with Crippen LogP contribution in [-0.2, 0) is 25.8 Å². The first-order valence-electron chi connectivity index (χ1n) is 9.06. The monoisotopic (exact) mass is 421 g/mol. The molecule has 0 aromatic heterocycles. The zero-order chi connectivity index (χ0) is 22.4. The molecule has 0 bridgehead atoms. The van der Waals surface area contributed by atoms with Gasteiger partial charge >= 0.3 is 11.9 Å². The summed E-state index contributed by atoms with van der Waals surface area (Å²) in [5.74, 6) is -2.77. The van der Waals surface area contributed by atoms with Crippen molar-refractivity contribution in [3.05, 3.63) is 76.8 Å². The summed E-state index contributed by atoms with van der Waals surface area (Å²) in [6.45, 7) is -0.257. The van der Waals surface area contributed by atoms with Gasteiger partial charge in [0.15, 0.2) is 0 Å². The van der Waals surface area contributed by atoms with Crippen LogP contribution in [0.1, 0.15) is 39.1 Å². The van der Waals surface area contributed by atoms with E-state index in [0.717, 1.165) is 0 Å². The summed E-state index contributed by atoms with van der Waals surface area (Å²) in [6.07, 6.45) is -1.30. The molecule has 0 spiro atoms. The molecule has 0 saturated carbocycles. The minimum Gasteiger partial charge on any atom is -0.428 e. The highest BCUT2D eigenvalue weighted by molar-refractivity contribution is 6.70. The van der Waals surface area contributed by atoms with Crippen molar-refractivity contribution in [3.8, 4) is 0 Å². The molecule has 3 rings (SSSR count). The van der Waals surface area contributed by atoms with Gasteiger partial charge in [0.05, 0.1) is 0 Å². The normalized spacial score (nSPS) is 12.8. The van der Waals surface area contributed by atoms with E-state index in [9.17, 15) is 24.0 Å². The fourth-order valence-electron chi connectivity index (χ4n) is 2.71. The number of ketones is 2. The van der Waals surface area contributed by atoms with E-state index >= 15 is 0 Å². The number of Topliss-reactive ketones (excluding diaryl/α,β-unsaturated/α-hetero) is 2. The number of ether oxygens (including phenoxy) is 1. The molecule has 156 valence electrons. The third-order valence-corrected chi connectivity index (χ3v) is 4.31. The first-order valence-corrected chi connectivity index (χ1v) is 9.06. The summed E-state index contributed by atoms with van der Waals surface area (Å²) < 4.78 is 4.84. The highest BCUT2D eigenvalue weighted by Crippen LogP contribution is 2.14. The molecule has 2 amide bonds. The Balaban J connectivity index is 1.60. The summed E-state index contributed by atoms with van der Waals surface area (Å²) in [5, 5.41) is 0.365. The van der Waals surface area contributed by atoms with Crippen LogP contribution in [0, 0.1) is 0 Å². The molecular formula is C21H15N3O7. The average Bonchev–Trinajstić information content (AvgIpc) is 3.11. The second kappa shape index (κ2) is 9.38. The SMILES string of the molecule is [N-]=[N+]=C(C(=O)c1ccccc1)C(=O)c1ccc(COC(=O)ON2C(=O)CCC2=O)cc1. The number of amides is 2. The fourth-order valence-corrected chi connectivity index (χ4v) is 2.71. The summed E-state index contributed by atoms with van der Waals surface area (Å²) in [4.78, 5) is 66.8. The van der Waals surface area contributed by atoms with Crippen LogP contribution in [-0.4, -0.2) is 45.1 Å². The average molecular weight is 421 g/mol. The molecule has 1 heterocycles. The maximum absolute atomic E-state index is 12.5. The molecule has 0 aliphatic carbocycles. The number of hydrogen-bond acceptors (Lipinski definition) is 7. The largest absolute Gasteiger partial charge is 0.534 e. The van der Waals surface area contributed by atoms with Crippen LogP contribution in [0.25, 0.3) is 5.53 Å². The van der Waals surface area contributed by atoms with Gasteiger partial charge in [0.25, 0.3) is 23.4 Å². The summed E-state index contributed by atoms with van der Waals surface area (Å²) in [5.41, 5.74) is 9.27. The number of benzene rings is 2. The smallest absolute Gasteiger partial charge is 0.428 e. The second-order valence-electron chi connectivity index (χ2n) is 6.38. The number of hydroxylamine groups is 2. The molecule has 10 heteroatoms. The van der Waals surface area contributed by atoms with Crippen LogP contribution >= 0.6 is 0 Å². The molecule has 2 aromatic carbocycles. The lowest BCUT2D eigenvalue weighted by Crippen LogP contribution is -2.32. The molecular weight excluding hydrogens is 406 g/mol. The number of carbonyl (C=O) groups is 5. The number of hydrogen-bond donors (Lipinski definition) is 0. The standard InChI is InChI=1S/C21H15N3O7/c22-23-18(19(27)14-4-2-1-3-5-14)20(28)15-8-6-13(7-9-15)12-30-21(29)31-24-16(25)10-11-17(24)26/h1-9H,10-12H2. The molecule has 10 nitrogen and oxygen atoms in total. The van der Waals surface area contributed by atoms with Gasteiger partial charge in [-0.25, -0.2) is 4.79 Å². The summed E-state index contributed by atoms with van der Waals surface area (Å²) in [7, 11) is 0. The van der Waals surface area contributed by atoms with E-state index in [1.807, 2.05) is 0 Å². The van der Waals surface area contributed by atoms with Crippen molar-refractivity contribution in [2.45, 2.75) is 19.4 Å². The Kier molecular flexibility index (Phi) is 6.44. The predicted molar refractivity (Wildman–Crippen MR) is 103 cm³/mol. The quantitative estimate of drug-likeness (QED) is 0.127. The van der Waals surface area contributed by atoms with Gasteiger partial charge in [-0.2, -0.15) is 4.79 Å². The van der Waals surface area contributed by atoms with Gasteiger partial charge < -0.3 is 10.3 Å². The summed E-state index contributed by atoms with van der Waals surface area (Å²) in [6, 6.07) is 13.5. The van der Waals surface area contributed by atoms with E-state index in [-0.39, 0.29) is 30.6 Å². The molecule has 1 fully saturated rings. The molecule has 0 radical (unpaired) electrons. The molecule has 0 N–H and O–H groups in total. The van der Waals surface area contributed by atoms with E-state index < -0.39 is 35.2 Å². The first-order chi connectivity index (χ1) is 14.9. The molecule has 2 aromatic rings. The number of carbonyl (C=O) groups excluding carboxylic acids is 5. The van der Waals surface area contributed by atoms with Crippen molar-refractivity contribution in [1.29, 1.82) is 0 Å². The van der Waals surface area contributed by atoms with Crippen molar-refractivity contribution in [2.75, 3.05) is 0 Å². The molecule has 0 unspecified atom stereocenters. The van der Waals surface area contributed by atoms with Crippen LogP contribution in [0.4, 0.5) is 4.79 Å². The lowest BCUT2D eigenvalue weighted by molar-refractivity contribution is -0.177. The van der Waals surface area contributed by atoms with Gasteiger partial charge in [-0.15, -0.1) is 0 Å². The third-order valence-electron chi connectivity index (χ3n) is 4.31. The number of nitrogens with zero attached hydrogens (tertiary/aromatic N) is 3. The minimum absolute atomic E-state index is 0.0342. The number of imide groups is 1. The lowest BCUT2D eigenvalue weighted by Gasteiger charge is -2.12. The van der Waals surface area contributed by atoms with Crippen molar-refractivity contribution in [1.82, 2.24) is 5.06 Å². The van der Waals surface area contributed by atoms with Crippen LogP contribution < -0.4 is 0 Å². The van der Waals surface area contributed by atoms with E-state index in [0.29, 0.717) is 10.6 Å². The van der Waals surface area contributed by atoms with Gasteiger partial charge in [0.1, 0.15) is 6.61 Å². The van der Waals surface area contributed by atoms with Gasteiger partial charge in [-0.3, -0.25) is 24.0 Å². The highest BCUT2D eigenvalue weighted by atomic mass is 16.8. The molecule has 1 aliphatic heterocycles. The Morgan fingerprint density at radius 2 is 1.42 bits per heavy atom. The van der Waals surface area contributed by atoms with Crippen LogP contribution in [0.5, 0.6) is 0 Å². The maximum atomic E-state index is 12.5. The van der Waals surface area contributed by atoms with Gasteiger partial charge in [0, 0.05) is 24.0 Å².